The second-order valence-electron chi connectivity index (χ2n) is 7.12. The van der Waals surface area contributed by atoms with Crippen LogP contribution in [0, 0.1) is 18.6 Å². The van der Waals surface area contributed by atoms with E-state index in [-0.39, 0.29) is 17.4 Å². The molecule has 32 heavy (non-hydrogen) atoms. The van der Waals surface area contributed by atoms with Crippen LogP contribution in [0.5, 0.6) is 0 Å². The maximum atomic E-state index is 13.5. The van der Waals surface area contributed by atoms with E-state index in [1.54, 1.807) is 23.4 Å². The molecule has 1 amide bonds. The molecule has 10 heteroatoms. The summed E-state index contributed by atoms with van der Waals surface area (Å²) in [6, 6.07) is 8.87. The lowest BCUT2D eigenvalue weighted by Crippen LogP contribution is -2.33. The van der Waals surface area contributed by atoms with Crippen molar-refractivity contribution in [2.45, 2.75) is 20.3 Å². The average molecular weight is 438 g/mol. The van der Waals surface area contributed by atoms with Gasteiger partial charge in [-0.05, 0) is 44.2 Å². The van der Waals surface area contributed by atoms with Gasteiger partial charge < -0.3 is 9.42 Å². The van der Waals surface area contributed by atoms with Crippen LogP contribution in [0.15, 0.2) is 53.3 Å². The largest absolute Gasteiger partial charge is 0.338 e. The number of halogens is 2. The lowest BCUT2D eigenvalue weighted by molar-refractivity contribution is 0.0764. The van der Waals surface area contributed by atoms with Crippen LogP contribution >= 0.6 is 0 Å². The lowest BCUT2D eigenvalue weighted by atomic mass is 10.1. The SMILES string of the molecule is CCN(CCc1noc(-c2ccc(F)c(F)c2)n1)C(=O)c1cc(C)ccc1-n1nccn1. The molecule has 4 aromatic rings. The quantitative estimate of drug-likeness (QED) is 0.438. The number of benzene rings is 2. The molecule has 0 bridgehead atoms. The van der Waals surface area contributed by atoms with Gasteiger partial charge >= 0.3 is 0 Å². The Morgan fingerprint density at radius 1 is 1.09 bits per heavy atom. The van der Waals surface area contributed by atoms with Crippen LogP contribution < -0.4 is 0 Å². The summed E-state index contributed by atoms with van der Waals surface area (Å²) in [5, 5.41) is 12.2. The number of aromatic nitrogens is 5. The van der Waals surface area contributed by atoms with Gasteiger partial charge in [-0.25, -0.2) is 8.78 Å². The molecule has 0 radical (unpaired) electrons. The average Bonchev–Trinajstić information content (AvgIpc) is 3.48. The van der Waals surface area contributed by atoms with Gasteiger partial charge in [-0.3, -0.25) is 4.79 Å². The highest BCUT2D eigenvalue weighted by Gasteiger charge is 2.21. The van der Waals surface area contributed by atoms with Gasteiger partial charge in [0.2, 0.25) is 0 Å². The third-order valence-corrected chi connectivity index (χ3v) is 4.93. The second kappa shape index (κ2) is 9.04. The number of carbonyl (C=O) groups is 1. The fraction of sp³-hybridized carbons (Fsp3) is 0.227. The summed E-state index contributed by atoms with van der Waals surface area (Å²) in [6.45, 7) is 4.59. The van der Waals surface area contributed by atoms with Gasteiger partial charge in [0.1, 0.15) is 0 Å². The van der Waals surface area contributed by atoms with Crippen LogP contribution in [0.2, 0.25) is 0 Å². The zero-order valence-corrected chi connectivity index (χ0v) is 17.5. The standard InChI is InChI=1S/C22H20F2N6O2/c1-3-29(22(31)16-12-14(2)4-7-19(16)30-25-9-10-26-30)11-8-20-27-21(32-28-20)15-5-6-17(23)18(24)13-15/h4-7,9-10,12-13H,3,8,11H2,1-2H3. The smallest absolute Gasteiger partial charge is 0.258 e. The molecule has 4 rings (SSSR count). The van der Waals surface area contributed by atoms with Crippen molar-refractivity contribution in [3.63, 3.8) is 0 Å². The van der Waals surface area contributed by atoms with Crippen LogP contribution in [-0.4, -0.2) is 49.0 Å². The Morgan fingerprint density at radius 2 is 1.88 bits per heavy atom. The van der Waals surface area contributed by atoms with Gasteiger partial charge in [0, 0.05) is 25.1 Å². The van der Waals surface area contributed by atoms with E-state index in [9.17, 15) is 13.6 Å². The van der Waals surface area contributed by atoms with E-state index in [4.69, 9.17) is 4.52 Å². The highest BCUT2D eigenvalue weighted by Crippen LogP contribution is 2.21. The molecule has 0 saturated carbocycles. The number of likely N-dealkylation sites (N-methyl/N-ethyl adjacent to an activating group) is 1. The predicted molar refractivity (Wildman–Crippen MR) is 111 cm³/mol. The zero-order valence-electron chi connectivity index (χ0n) is 17.5. The molecular weight excluding hydrogens is 418 g/mol. The predicted octanol–water partition coefficient (Wildman–Crippen LogP) is 3.61. The molecule has 0 saturated heterocycles. The van der Waals surface area contributed by atoms with Crippen molar-refractivity contribution in [1.82, 2.24) is 30.0 Å². The first-order chi connectivity index (χ1) is 15.5. The van der Waals surface area contributed by atoms with E-state index in [1.165, 1.54) is 10.9 Å². The van der Waals surface area contributed by atoms with E-state index in [0.29, 0.717) is 36.6 Å². The monoisotopic (exact) mass is 438 g/mol. The zero-order chi connectivity index (χ0) is 22.7. The maximum Gasteiger partial charge on any atom is 0.258 e. The Hall–Kier alpha value is -3.95. The minimum atomic E-state index is -0.995. The molecule has 0 aliphatic rings. The van der Waals surface area contributed by atoms with Crippen molar-refractivity contribution in [3.05, 3.63) is 77.4 Å². The molecule has 0 atom stereocenters. The second-order valence-corrected chi connectivity index (χ2v) is 7.12. The summed E-state index contributed by atoms with van der Waals surface area (Å²) in [7, 11) is 0. The van der Waals surface area contributed by atoms with Gasteiger partial charge in [0.05, 0.1) is 23.6 Å². The number of amides is 1. The minimum absolute atomic E-state index is 0.0824. The number of nitrogens with zero attached hydrogens (tertiary/aromatic N) is 6. The molecule has 0 unspecified atom stereocenters. The van der Waals surface area contributed by atoms with Crippen molar-refractivity contribution in [3.8, 4) is 17.1 Å². The van der Waals surface area contributed by atoms with Crippen molar-refractivity contribution >= 4 is 5.91 Å². The minimum Gasteiger partial charge on any atom is -0.338 e. The molecular formula is C22H20F2N6O2. The van der Waals surface area contributed by atoms with E-state index >= 15 is 0 Å². The van der Waals surface area contributed by atoms with Gasteiger partial charge in [-0.1, -0.05) is 16.8 Å². The lowest BCUT2D eigenvalue weighted by Gasteiger charge is -2.21. The van der Waals surface area contributed by atoms with Crippen molar-refractivity contribution in [2.75, 3.05) is 13.1 Å². The highest BCUT2D eigenvalue weighted by atomic mass is 19.2. The summed E-state index contributed by atoms with van der Waals surface area (Å²) in [4.78, 5) is 20.6. The summed E-state index contributed by atoms with van der Waals surface area (Å²) < 4.78 is 31.8. The molecule has 0 N–H and O–H groups in total. The van der Waals surface area contributed by atoms with E-state index < -0.39 is 11.6 Å². The molecule has 2 aromatic heterocycles. The van der Waals surface area contributed by atoms with Crippen LogP contribution in [0.3, 0.4) is 0 Å². The number of hydrogen-bond donors (Lipinski definition) is 0. The van der Waals surface area contributed by atoms with Gasteiger partial charge in [-0.15, -0.1) is 0 Å². The van der Waals surface area contributed by atoms with Crippen molar-refractivity contribution in [2.24, 2.45) is 0 Å². The summed E-state index contributed by atoms with van der Waals surface area (Å²) in [6.07, 6.45) is 3.42. The molecule has 8 nitrogen and oxygen atoms in total. The Bertz CT molecular complexity index is 1240. The fourth-order valence-corrected chi connectivity index (χ4v) is 3.25. The first-order valence-electron chi connectivity index (χ1n) is 10.0. The number of hydrogen-bond acceptors (Lipinski definition) is 6. The number of aryl methyl sites for hydroxylation is 1. The van der Waals surface area contributed by atoms with E-state index in [2.05, 4.69) is 20.3 Å². The van der Waals surface area contributed by atoms with E-state index in [0.717, 1.165) is 17.7 Å². The number of carbonyl (C=O) groups excluding carboxylic acids is 1. The molecule has 0 aliphatic heterocycles. The third-order valence-electron chi connectivity index (χ3n) is 4.93. The molecule has 2 aromatic carbocycles. The third kappa shape index (κ3) is 4.39. The van der Waals surface area contributed by atoms with Gasteiger partial charge in [0.15, 0.2) is 17.5 Å². The molecule has 2 heterocycles. The Morgan fingerprint density at radius 3 is 2.59 bits per heavy atom. The van der Waals surface area contributed by atoms with Crippen molar-refractivity contribution in [1.29, 1.82) is 0 Å². The maximum absolute atomic E-state index is 13.5. The van der Waals surface area contributed by atoms with Crippen LogP contribution in [0.25, 0.3) is 17.1 Å². The van der Waals surface area contributed by atoms with E-state index in [1.807, 2.05) is 26.0 Å². The summed E-state index contributed by atoms with van der Waals surface area (Å²) in [5.74, 6) is -1.68. The Balaban J connectivity index is 1.50. The first kappa shape index (κ1) is 21.3. The summed E-state index contributed by atoms with van der Waals surface area (Å²) in [5.41, 5.74) is 2.29. The number of rotatable bonds is 7. The molecule has 0 aliphatic carbocycles. The van der Waals surface area contributed by atoms with Crippen LogP contribution in [0.1, 0.15) is 28.7 Å². The fourth-order valence-electron chi connectivity index (χ4n) is 3.25. The Labute approximate surface area is 182 Å². The van der Waals surface area contributed by atoms with Crippen molar-refractivity contribution < 1.29 is 18.1 Å². The molecule has 0 fully saturated rings. The van der Waals surface area contributed by atoms with Gasteiger partial charge in [0.25, 0.3) is 11.8 Å². The van der Waals surface area contributed by atoms with Gasteiger partial charge in [-0.2, -0.15) is 20.0 Å². The Kier molecular flexibility index (Phi) is 6.02. The summed E-state index contributed by atoms with van der Waals surface area (Å²) >= 11 is 0. The molecule has 164 valence electrons. The topological polar surface area (TPSA) is 89.9 Å². The van der Waals surface area contributed by atoms with Crippen LogP contribution in [-0.2, 0) is 6.42 Å². The normalized spacial score (nSPS) is 11.0. The first-order valence-corrected chi connectivity index (χ1v) is 10.0. The molecule has 0 spiro atoms. The van der Waals surface area contributed by atoms with Crippen LogP contribution in [0.4, 0.5) is 8.78 Å². The highest BCUT2D eigenvalue weighted by molar-refractivity contribution is 5.98.